The lowest BCUT2D eigenvalue weighted by atomic mass is 10.1. The Balaban J connectivity index is 1.50. The molecule has 2 aliphatic heterocycles. The molecule has 0 amide bonds. The Morgan fingerprint density at radius 1 is 0.444 bits per heavy atom. The van der Waals surface area contributed by atoms with E-state index in [2.05, 4.69) is 66.0 Å². The summed E-state index contributed by atoms with van der Waals surface area (Å²) in [5.74, 6) is 0. The van der Waals surface area contributed by atoms with Crippen LogP contribution in [0.2, 0.25) is 0 Å². The van der Waals surface area contributed by atoms with Crippen molar-refractivity contribution in [2.75, 3.05) is 105 Å². The van der Waals surface area contributed by atoms with E-state index < -0.39 is 0 Å². The van der Waals surface area contributed by atoms with Crippen LogP contribution in [-0.2, 0) is 13.1 Å². The van der Waals surface area contributed by atoms with Crippen LogP contribution in [0.3, 0.4) is 0 Å². The molecule has 0 radical (unpaired) electrons. The summed E-state index contributed by atoms with van der Waals surface area (Å²) in [6, 6.07) is 9.35. The molecule has 2 aliphatic rings. The molecule has 3 rings (SSSR count). The minimum Gasteiger partial charge on any atom is -0.315 e. The third-order valence-electron chi connectivity index (χ3n) is 7.08. The highest BCUT2D eigenvalue weighted by molar-refractivity contribution is 5.23. The molecular weight excluding hydrogens is 448 g/mol. The van der Waals surface area contributed by atoms with Gasteiger partial charge in [0.15, 0.2) is 0 Å². The number of benzene rings is 1. The lowest BCUT2D eigenvalue weighted by Crippen LogP contribution is -2.38. The van der Waals surface area contributed by atoms with Gasteiger partial charge in [0.05, 0.1) is 0 Å². The Bertz CT molecular complexity index is 579. The van der Waals surface area contributed by atoms with Gasteiger partial charge in [-0.25, -0.2) is 0 Å². The molecule has 2 saturated heterocycles. The van der Waals surface area contributed by atoms with Gasteiger partial charge in [-0.15, -0.1) is 0 Å². The van der Waals surface area contributed by atoms with E-state index in [4.69, 9.17) is 0 Å². The fourth-order valence-electron chi connectivity index (χ4n) is 4.98. The molecule has 1 aromatic carbocycles. The molecule has 8 nitrogen and oxygen atoms in total. The summed E-state index contributed by atoms with van der Waals surface area (Å²) in [6.07, 6.45) is 5.01. The lowest BCUT2D eigenvalue weighted by Gasteiger charge is -2.25. The summed E-state index contributed by atoms with van der Waals surface area (Å²) < 4.78 is 0. The van der Waals surface area contributed by atoms with Crippen molar-refractivity contribution in [1.82, 2.24) is 41.7 Å². The average molecular weight is 503 g/mol. The molecule has 0 bridgehead atoms. The van der Waals surface area contributed by atoms with Crippen LogP contribution in [0.4, 0.5) is 0 Å². The Labute approximate surface area is 220 Å². The van der Waals surface area contributed by atoms with E-state index in [1.165, 1.54) is 49.9 Å². The molecule has 0 aliphatic carbocycles. The van der Waals surface area contributed by atoms with E-state index in [9.17, 15) is 0 Å². The van der Waals surface area contributed by atoms with Crippen molar-refractivity contribution in [1.29, 1.82) is 0 Å². The molecule has 0 aromatic heterocycles. The number of nitrogens with one attached hydrogen (secondary N) is 6. The topological polar surface area (TPSA) is 78.7 Å². The molecule has 1 aromatic rings. The second-order valence-corrected chi connectivity index (χ2v) is 10.3. The molecule has 6 N–H and O–H groups in total. The summed E-state index contributed by atoms with van der Waals surface area (Å²) >= 11 is 0. The molecule has 36 heavy (non-hydrogen) atoms. The minimum absolute atomic E-state index is 1.04. The van der Waals surface area contributed by atoms with Gasteiger partial charge in [-0.05, 0) is 63.0 Å². The highest BCUT2D eigenvalue weighted by Crippen LogP contribution is 2.12. The van der Waals surface area contributed by atoms with Gasteiger partial charge >= 0.3 is 0 Å². The first-order chi connectivity index (χ1) is 17.9. The first-order valence-electron chi connectivity index (χ1n) is 14.7. The molecule has 8 heteroatoms. The van der Waals surface area contributed by atoms with Crippen LogP contribution in [-0.4, -0.2) is 115 Å². The van der Waals surface area contributed by atoms with Gasteiger partial charge in [0, 0.05) is 91.6 Å². The van der Waals surface area contributed by atoms with E-state index >= 15 is 0 Å². The minimum atomic E-state index is 1.04. The predicted octanol–water partition coefficient (Wildman–Crippen LogP) is 0.416. The maximum atomic E-state index is 3.61. The van der Waals surface area contributed by atoms with E-state index in [1.54, 1.807) is 0 Å². The van der Waals surface area contributed by atoms with Gasteiger partial charge < -0.3 is 31.9 Å². The standard InChI is InChI=1S/C28H54N8/c1-3-20-35(22-18-33-16-14-31-12-10-29-8-1)25-27-6-5-7-28(24-27)26-36-21-4-2-9-30-11-13-32-15-17-34-19-23-36/h5-7,24,29-34H,1-4,8-23,25-26H2. The highest BCUT2D eigenvalue weighted by atomic mass is 15.1. The normalized spacial score (nSPS) is 22.9. The zero-order chi connectivity index (χ0) is 24.9. The van der Waals surface area contributed by atoms with Crippen molar-refractivity contribution in [2.24, 2.45) is 0 Å². The number of hydrogen-bond donors (Lipinski definition) is 6. The summed E-state index contributed by atoms with van der Waals surface area (Å²) in [5, 5.41) is 21.3. The first kappa shape index (κ1) is 29.5. The number of nitrogens with zero attached hydrogens (tertiary/aromatic N) is 2. The Morgan fingerprint density at radius 3 is 1.28 bits per heavy atom. The highest BCUT2D eigenvalue weighted by Gasteiger charge is 2.10. The predicted molar refractivity (Wildman–Crippen MR) is 153 cm³/mol. The summed E-state index contributed by atoms with van der Waals surface area (Å²) in [5.41, 5.74) is 2.90. The molecule has 206 valence electrons. The molecule has 2 heterocycles. The van der Waals surface area contributed by atoms with Crippen LogP contribution in [0.15, 0.2) is 24.3 Å². The lowest BCUT2D eigenvalue weighted by molar-refractivity contribution is 0.254. The zero-order valence-corrected chi connectivity index (χ0v) is 22.8. The summed E-state index contributed by atoms with van der Waals surface area (Å²) in [6.45, 7) is 19.5. The molecule has 2 fully saturated rings. The summed E-state index contributed by atoms with van der Waals surface area (Å²) in [7, 11) is 0. The molecular formula is C28H54N8. The monoisotopic (exact) mass is 502 g/mol. The van der Waals surface area contributed by atoms with Crippen molar-refractivity contribution in [3.05, 3.63) is 35.4 Å². The van der Waals surface area contributed by atoms with E-state index in [1.807, 2.05) is 0 Å². The van der Waals surface area contributed by atoms with Gasteiger partial charge in [0.2, 0.25) is 0 Å². The van der Waals surface area contributed by atoms with Gasteiger partial charge in [-0.3, -0.25) is 9.80 Å². The smallest absolute Gasteiger partial charge is 0.0234 e. The Kier molecular flexibility index (Phi) is 16.3. The largest absolute Gasteiger partial charge is 0.315 e. The van der Waals surface area contributed by atoms with Gasteiger partial charge in [-0.1, -0.05) is 24.3 Å². The third kappa shape index (κ3) is 14.0. The van der Waals surface area contributed by atoms with Crippen LogP contribution < -0.4 is 31.9 Å². The first-order valence-corrected chi connectivity index (χ1v) is 14.7. The Morgan fingerprint density at radius 2 is 0.833 bits per heavy atom. The van der Waals surface area contributed by atoms with Crippen molar-refractivity contribution in [3.8, 4) is 0 Å². The van der Waals surface area contributed by atoms with Crippen molar-refractivity contribution >= 4 is 0 Å². The van der Waals surface area contributed by atoms with Crippen molar-refractivity contribution in [3.63, 3.8) is 0 Å². The molecule has 0 atom stereocenters. The number of hydrogen-bond acceptors (Lipinski definition) is 8. The van der Waals surface area contributed by atoms with Crippen molar-refractivity contribution in [2.45, 2.75) is 38.8 Å². The van der Waals surface area contributed by atoms with E-state index in [0.29, 0.717) is 0 Å². The van der Waals surface area contributed by atoms with Gasteiger partial charge in [-0.2, -0.15) is 0 Å². The van der Waals surface area contributed by atoms with Gasteiger partial charge in [0.1, 0.15) is 0 Å². The fraction of sp³-hybridized carbons (Fsp3) is 0.786. The maximum absolute atomic E-state index is 3.61. The van der Waals surface area contributed by atoms with Gasteiger partial charge in [0.25, 0.3) is 0 Å². The van der Waals surface area contributed by atoms with E-state index in [-0.39, 0.29) is 0 Å². The number of rotatable bonds is 4. The van der Waals surface area contributed by atoms with Crippen LogP contribution in [0.5, 0.6) is 0 Å². The van der Waals surface area contributed by atoms with Crippen LogP contribution in [0, 0.1) is 0 Å². The summed E-state index contributed by atoms with van der Waals surface area (Å²) in [4.78, 5) is 5.27. The maximum Gasteiger partial charge on any atom is 0.0234 e. The van der Waals surface area contributed by atoms with Crippen LogP contribution >= 0.6 is 0 Å². The third-order valence-corrected chi connectivity index (χ3v) is 7.08. The SMILES string of the molecule is c1cc(CN2CCCCNCCNCCNCC2)cc(CN2CCCCNCCNCCNCC2)c1. The van der Waals surface area contributed by atoms with Crippen molar-refractivity contribution < 1.29 is 0 Å². The molecule has 0 spiro atoms. The van der Waals surface area contributed by atoms with Crippen LogP contribution in [0.25, 0.3) is 0 Å². The molecule has 0 unspecified atom stereocenters. The van der Waals surface area contributed by atoms with E-state index in [0.717, 1.165) is 105 Å². The Hall–Kier alpha value is -1.10. The average Bonchev–Trinajstić information content (AvgIpc) is 2.88. The quantitative estimate of drug-likeness (QED) is 0.354. The molecule has 0 saturated carbocycles. The van der Waals surface area contributed by atoms with Crippen LogP contribution in [0.1, 0.15) is 36.8 Å². The second kappa shape index (κ2) is 19.9. The fourth-order valence-corrected chi connectivity index (χ4v) is 4.98. The zero-order valence-electron chi connectivity index (χ0n) is 22.8. The second-order valence-electron chi connectivity index (χ2n) is 10.3.